The highest BCUT2D eigenvalue weighted by Gasteiger charge is 2.41. The van der Waals surface area contributed by atoms with Gasteiger partial charge in [-0.3, -0.25) is 19.5 Å². The molecule has 0 saturated carbocycles. The van der Waals surface area contributed by atoms with E-state index in [9.17, 15) is 14.4 Å². The molecule has 1 fully saturated rings. The second-order valence-corrected chi connectivity index (χ2v) is 8.63. The van der Waals surface area contributed by atoms with Gasteiger partial charge in [0.05, 0.1) is 6.42 Å². The quantitative estimate of drug-likeness (QED) is 0.826. The predicted octanol–water partition coefficient (Wildman–Crippen LogP) is 2.03. The molecule has 0 aliphatic carbocycles. The van der Waals surface area contributed by atoms with Crippen LogP contribution in [-0.4, -0.2) is 38.7 Å². The van der Waals surface area contributed by atoms with E-state index in [1.807, 2.05) is 21.6 Å². The SMILES string of the molecule is CC(C)CC[C@H]1[C@H]2C[C@H](CN(C(=O)Cc3c[nH][nH]c3=O)C2)c2cccc(=O)n21. The lowest BCUT2D eigenvalue weighted by atomic mass is 9.76. The standard InChI is InChI=1S/C21H28N4O3/c1-13(2)6-7-18-16-8-15(17-4-3-5-19(26)25(17)18)11-24(12-16)20(27)9-14-10-22-23-21(14)28/h3-5,10,13,15-16,18H,6-9,11-12H2,1-2H3,(H2,22,23,28)/t15-,16+,18+/m1/s1. The number of aromatic amines is 2. The van der Waals surface area contributed by atoms with Gasteiger partial charge in [-0.2, -0.15) is 0 Å². The number of hydrogen-bond acceptors (Lipinski definition) is 3. The second kappa shape index (κ2) is 7.45. The smallest absolute Gasteiger partial charge is 0.267 e. The van der Waals surface area contributed by atoms with Crippen LogP contribution in [0, 0.1) is 11.8 Å². The lowest BCUT2D eigenvalue weighted by molar-refractivity contribution is -0.133. The van der Waals surface area contributed by atoms with Crippen LogP contribution in [0.4, 0.5) is 0 Å². The zero-order valence-electron chi connectivity index (χ0n) is 16.5. The van der Waals surface area contributed by atoms with Gasteiger partial charge in [-0.15, -0.1) is 0 Å². The van der Waals surface area contributed by atoms with E-state index in [1.165, 1.54) is 0 Å². The molecular weight excluding hydrogens is 356 g/mol. The number of carbonyl (C=O) groups excluding carboxylic acids is 1. The van der Waals surface area contributed by atoms with Crippen molar-refractivity contribution in [2.45, 2.75) is 51.5 Å². The van der Waals surface area contributed by atoms with Crippen LogP contribution < -0.4 is 11.1 Å². The third-order valence-electron chi connectivity index (χ3n) is 6.26. The van der Waals surface area contributed by atoms with E-state index in [1.54, 1.807) is 12.3 Å². The average Bonchev–Trinajstić information content (AvgIpc) is 3.06. The van der Waals surface area contributed by atoms with Crippen LogP contribution >= 0.6 is 0 Å². The van der Waals surface area contributed by atoms with Crippen LogP contribution in [0.25, 0.3) is 0 Å². The maximum absolute atomic E-state index is 12.9. The Morgan fingerprint density at radius 2 is 2.07 bits per heavy atom. The molecule has 28 heavy (non-hydrogen) atoms. The van der Waals surface area contributed by atoms with Gasteiger partial charge in [-0.25, -0.2) is 0 Å². The molecule has 0 spiro atoms. The van der Waals surface area contributed by atoms with Gasteiger partial charge in [0.2, 0.25) is 5.91 Å². The molecule has 0 radical (unpaired) electrons. The summed E-state index contributed by atoms with van der Waals surface area (Å²) in [6.45, 7) is 5.66. The number of H-pyrrole nitrogens is 2. The summed E-state index contributed by atoms with van der Waals surface area (Å²) in [5.41, 5.74) is 1.35. The highest BCUT2D eigenvalue weighted by Crippen LogP contribution is 2.43. The molecule has 7 heteroatoms. The van der Waals surface area contributed by atoms with Gasteiger partial charge >= 0.3 is 0 Å². The molecular formula is C21H28N4O3. The Morgan fingerprint density at radius 3 is 2.79 bits per heavy atom. The molecule has 1 saturated heterocycles. The van der Waals surface area contributed by atoms with Crippen LogP contribution in [0.1, 0.15) is 56.3 Å². The summed E-state index contributed by atoms with van der Waals surface area (Å²) >= 11 is 0. The maximum atomic E-state index is 12.9. The van der Waals surface area contributed by atoms with Crippen molar-refractivity contribution in [2.75, 3.05) is 13.1 Å². The van der Waals surface area contributed by atoms with Crippen LogP contribution in [0.2, 0.25) is 0 Å². The van der Waals surface area contributed by atoms with Crippen molar-refractivity contribution in [1.29, 1.82) is 0 Å². The van der Waals surface area contributed by atoms with Crippen molar-refractivity contribution < 1.29 is 4.79 Å². The highest BCUT2D eigenvalue weighted by molar-refractivity contribution is 5.78. The summed E-state index contributed by atoms with van der Waals surface area (Å²) in [7, 11) is 0. The molecule has 2 aromatic heterocycles. The highest BCUT2D eigenvalue weighted by atomic mass is 16.2. The molecule has 2 aromatic rings. The maximum Gasteiger partial charge on any atom is 0.267 e. The van der Waals surface area contributed by atoms with Crippen LogP contribution in [0.3, 0.4) is 0 Å². The first-order chi connectivity index (χ1) is 13.4. The number of fused-ring (bicyclic) bond motifs is 4. The third kappa shape index (κ3) is 3.45. The molecule has 0 unspecified atom stereocenters. The van der Waals surface area contributed by atoms with Crippen molar-refractivity contribution in [3.8, 4) is 0 Å². The molecule has 2 N–H and O–H groups in total. The van der Waals surface area contributed by atoms with Crippen LogP contribution in [-0.2, 0) is 11.2 Å². The Bertz CT molecular complexity index is 970. The number of amides is 1. The molecule has 1 amide bonds. The molecule has 0 aromatic carbocycles. The minimum atomic E-state index is -0.239. The van der Waals surface area contributed by atoms with E-state index >= 15 is 0 Å². The first-order valence-electron chi connectivity index (χ1n) is 10.2. The van der Waals surface area contributed by atoms with Crippen LogP contribution in [0.15, 0.2) is 34.0 Å². The number of likely N-dealkylation sites (tertiary alicyclic amines) is 1. The first-order valence-corrected chi connectivity index (χ1v) is 10.2. The molecule has 4 rings (SSSR count). The van der Waals surface area contributed by atoms with Gasteiger partial charge in [-0.05, 0) is 37.2 Å². The fourth-order valence-corrected chi connectivity index (χ4v) is 4.86. The number of nitrogens with zero attached hydrogens (tertiary/aromatic N) is 2. The summed E-state index contributed by atoms with van der Waals surface area (Å²) in [5, 5.41) is 5.13. The molecule has 2 aliphatic heterocycles. The average molecular weight is 384 g/mol. The van der Waals surface area contributed by atoms with Crippen molar-refractivity contribution in [3.63, 3.8) is 0 Å². The number of pyridine rings is 1. The number of nitrogens with one attached hydrogen (secondary N) is 2. The zero-order valence-corrected chi connectivity index (χ0v) is 16.5. The van der Waals surface area contributed by atoms with E-state index in [0.717, 1.165) is 25.0 Å². The second-order valence-electron chi connectivity index (χ2n) is 8.63. The molecule has 2 bridgehead atoms. The summed E-state index contributed by atoms with van der Waals surface area (Å²) in [4.78, 5) is 39.2. The predicted molar refractivity (Wildman–Crippen MR) is 106 cm³/mol. The number of piperidine rings is 1. The fourth-order valence-electron chi connectivity index (χ4n) is 4.86. The normalized spacial score (nSPS) is 23.7. The molecule has 3 atom stereocenters. The Kier molecular flexibility index (Phi) is 5.00. The molecule has 4 heterocycles. The number of carbonyl (C=O) groups is 1. The molecule has 150 valence electrons. The van der Waals surface area contributed by atoms with Crippen molar-refractivity contribution >= 4 is 5.91 Å². The monoisotopic (exact) mass is 384 g/mol. The van der Waals surface area contributed by atoms with E-state index in [-0.39, 0.29) is 41.3 Å². The van der Waals surface area contributed by atoms with Crippen molar-refractivity contribution in [1.82, 2.24) is 19.7 Å². The van der Waals surface area contributed by atoms with Gasteiger partial charge in [0.15, 0.2) is 0 Å². The van der Waals surface area contributed by atoms with E-state index in [4.69, 9.17) is 0 Å². The molecule has 7 nitrogen and oxygen atoms in total. The Labute approximate surface area is 163 Å². The van der Waals surface area contributed by atoms with Gasteiger partial charge in [0.25, 0.3) is 11.1 Å². The van der Waals surface area contributed by atoms with E-state index < -0.39 is 0 Å². The van der Waals surface area contributed by atoms with Crippen molar-refractivity contribution in [2.24, 2.45) is 11.8 Å². The van der Waals surface area contributed by atoms with E-state index in [2.05, 4.69) is 24.0 Å². The lowest BCUT2D eigenvalue weighted by Gasteiger charge is -2.47. The fraction of sp³-hybridized carbons (Fsp3) is 0.571. The van der Waals surface area contributed by atoms with E-state index in [0.29, 0.717) is 24.6 Å². The van der Waals surface area contributed by atoms with Gasteiger partial charge in [0, 0.05) is 48.6 Å². The minimum Gasteiger partial charge on any atom is -0.341 e. The summed E-state index contributed by atoms with van der Waals surface area (Å²) in [6, 6.07) is 5.64. The van der Waals surface area contributed by atoms with Gasteiger partial charge < -0.3 is 14.6 Å². The molecule has 2 aliphatic rings. The topological polar surface area (TPSA) is 91.0 Å². The summed E-state index contributed by atoms with van der Waals surface area (Å²) in [5.74, 6) is 1.01. The Hall–Kier alpha value is -2.57. The minimum absolute atomic E-state index is 0.0193. The number of aromatic nitrogens is 3. The largest absolute Gasteiger partial charge is 0.341 e. The summed E-state index contributed by atoms with van der Waals surface area (Å²) < 4.78 is 2.00. The third-order valence-corrected chi connectivity index (χ3v) is 6.26. The Balaban J connectivity index is 1.61. The first kappa shape index (κ1) is 18.8. The Morgan fingerprint density at radius 1 is 1.25 bits per heavy atom. The van der Waals surface area contributed by atoms with Crippen molar-refractivity contribution in [3.05, 3.63) is 56.4 Å². The number of hydrogen-bond donors (Lipinski definition) is 2. The zero-order chi connectivity index (χ0) is 19.8. The van der Waals surface area contributed by atoms with Gasteiger partial charge in [0.1, 0.15) is 0 Å². The summed E-state index contributed by atoms with van der Waals surface area (Å²) in [6.07, 6.45) is 4.69. The van der Waals surface area contributed by atoms with Gasteiger partial charge in [-0.1, -0.05) is 19.9 Å². The lowest BCUT2D eigenvalue weighted by Crippen LogP contribution is -2.51. The van der Waals surface area contributed by atoms with Crippen LogP contribution in [0.5, 0.6) is 0 Å². The number of rotatable bonds is 5.